The average molecular weight is 363 g/mol. The zero-order valence-electron chi connectivity index (χ0n) is 14.7. The lowest BCUT2D eigenvalue weighted by atomic mass is 10.1. The Balaban J connectivity index is 1.34. The van der Waals surface area contributed by atoms with E-state index in [0.29, 0.717) is 6.04 Å². The molecule has 2 N–H and O–H groups in total. The molecule has 0 saturated heterocycles. The van der Waals surface area contributed by atoms with Gasteiger partial charge in [0.25, 0.3) is 0 Å². The van der Waals surface area contributed by atoms with Gasteiger partial charge in [-0.25, -0.2) is 10.4 Å². The molecule has 26 heavy (non-hydrogen) atoms. The van der Waals surface area contributed by atoms with Gasteiger partial charge in [0.1, 0.15) is 0 Å². The van der Waals surface area contributed by atoms with Crippen molar-refractivity contribution < 1.29 is 0 Å². The predicted molar refractivity (Wildman–Crippen MR) is 109 cm³/mol. The van der Waals surface area contributed by atoms with Crippen molar-refractivity contribution >= 4 is 22.2 Å². The highest BCUT2D eigenvalue weighted by molar-refractivity contribution is 7.15. The fraction of sp³-hybridized carbons (Fsp3) is 0.190. The van der Waals surface area contributed by atoms with E-state index in [1.54, 1.807) is 11.3 Å². The number of hydrogen-bond donors (Lipinski definition) is 2. The highest BCUT2D eigenvalue weighted by Gasteiger charge is 2.12. The van der Waals surface area contributed by atoms with E-state index in [9.17, 15) is 0 Å². The summed E-state index contributed by atoms with van der Waals surface area (Å²) in [5.41, 5.74) is 7.09. The Morgan fingerprint density at radius 3 is 2.62 bits per heavy atom. The highest BCUT2D eigenvalue weighted by Crippen LogP contribution is 2.23. The molecule has 0 aliphatic carbocycles. The molecule has 0 radical (unpaired) electrons. The van der Waals surface area contributed by atoms with Crippen molar-refractivity contribution in [2.45, 2.75) is 25.9 Å². The normalized spacial score (nSPS) is 16.2. The van der Waals surface area contributed by atoms with Gasteiger partial charge in [0, 0.05) is 36.3 Å². The van der Waals surface area contributed by atoms with Gasteiger partial charge in [-0.05, 0) is 36.3 Å². The van der Waals surface area contributed by atoms with Crippen LogP contribution in [0, 0.1) is 0 Å². The number of anilines is 2. The number of nitrogens with one attached hydrogen (secondary N) is 2. The molecule has 1 aromatic heterocycles. The molecule has 4 rings (SSSR count). The third-order valence-corrected chi connectivity index (χ3v) is 5.25. The minimum atomic E-state index is 0.383. The Labute approximate surface area is 158 Å². The van der Waals surface area contributed by atoms with Gasteiger partial charge in [-0.1, -0.05) is 42.5 Å². The van der Waals surface area contributed by atoms with Gasteiger partial charge >= 0.3 is 0 Å². The smallest absolute Gasteiger partial charge is 0.183 e. The fourth-order valence-corrected chi connectivity index (χ4v) is 3.74. The van der Waals surface area contributed by atoms with Gasteiger partial charge in [0.05, 0.1) is 5.69 Å². The second kappa shape index (κ2) is 7.72. The maximum atomic E-state index is 4.50. The van der Waals surface area contributed by atoms with Crippen LogP contribution in [0.5, 0.6) is 0 Å². The van der Waals surface area contributed by atoms with Gasteiger partial charge in [-0.3, -0.25) is 5.01 Å². The molecule has 1 unspecified atom stereocenters. The average Bonchev–Trinajstić information content (AvgIpc) is 3.31. The van der Waals surface area contributed by atoms with E-state index < -0.39 is 0 Å². The summed E-state index contributed by atoms with van der Waals surface area (Å²) in [6.07, 6.45) is 7.10. The molecule has 2 heterocycles. The number of rotatable bonds is 6. The van der Waals surface area contributed by atoms with Gasteiger partial charge < -0.3 is 5.32 Å². The first-order valence-corrected chi connectivity index (χ1v) is 9.63. The molecule has 1 aliphatic heterocycles. The van der Waals surface area contributed by atoms with E-state index in [1.165, 1.54) is 16.0 Å². The molecule has 2 aromatic carbocycles. The number of nitrogens with zero attached hydrogens (tertiary/aromatic N) is 2. The number of thiazole rings is 1. The van der Waals surface area contributed by atoms with Crippen LogP contribution >= 0.6 is 11.3 Å². The first-order valence-electron chi connectivity index (χ1n) is 8.81. The third kappa shape index (κ3) is 4.12. The largest absolute Gasteiger partial charge is 0.357 e. The van der Waals surface area contributed by atoms with E-state index in [1.807, 2.05) is 12.3 Å². The number of aromatic nitrogens is 1. The van der Waals surface area contributed by atoms with Gasteiger partial charge in [0.15, 0.2) is 5.13 Å². The van der Waals surface area contributed by atoms with E-state index >= 15 is 0 Å². The molecule has 0 bridgehead atoms. The summed E-state index contributed by atoms with van der Waals surface area (Å²) in [5, 5.41) is 6.44. The van der Waals surface area contributed by atoms with Gasteiger partial charge in [-0.15, -0.1) is 11.3 Å². The molecule has 5 heteroatoms. The molecule has 132 valence electrons. The topological polar surface area (TPSA) is 40.2 Å². The summed E-state index contributed by atoms with van der Waals surface area (Å²) >= 11 is 1.72. The summed E-state index contributed by atoms with van der Waals surface area (Å²) in [7, 11) is 0. The fourth-order valence-electron chi connectivity index (χ4n) is 2.90. The lowest BCUT2D eigenvalue weighted by molar-refractivity contribution is 0.683. The zero-order valence-corrected chi connectivity index (χ0v) is 15.5. The van der Waals surface area contributed by atoms with Crippen LogP contribution in [-0.2, 0) is 13.0 Å². The molecule has 0 amide bonds. The first kappa shape index (κ1) is 16.8. The summed E-state index contributed by atoms with van der Waals surface area (Å²) in [6.45, 7) is 2.94. The Morgan fingerprint density at radius 1 is 1.08 bits per heavy atom. The second-order valence-corrected chi connectivity index (χ2v) is 7.56. The van der Waals surface area contributed by atoms with Crippen molar-refractivity contribution in [2.75, 3.05) is 10.3 Å². The maximum absolute atomic E-state index is 4.50. The van der Waals surface area contributed by atoms with Crippen LogP contribution in [0.4, 0.5) is 10.8 Å². The molecule has 0 saturated carbocycles. The van der Waals surface area contributed by atoms with Crippen LogP contribution in [0.15, 0.2) is 73.1 Å². The summed E-state index contributed by atoms with van der Waals surface area (Å²) < 4.78 is 0. The Kier molecular flexibility index (Phi) is 5.00. The zero-order chi connectivity index (χ0) is 17.8. The maximum Gasteiger partial charge on any atom is 0.183 e. The predicted octanol–water partition coefficient (Wildman–Crippen LogP) is 4.57. The van der Waals surface area contributed by atoms with Crippen LogP contribution in [0.2, 0.25) is 0 Å². The molecular formula is C21H22N4S. The van der Waals surface area contributed by atoms with Crippen LogP contribution in [0.3, 0.4) is 0 Å². The molecule has 1 atom stereocenters. The molecule has 4 nitrogen and oxygen atoms in total. The van der Waals surface area contributed by atoms with Crippen LogP contribution in [0.25, 0.3) is 0 Å². The van der Waals surface area contributed by atoms with Crippen molar-refractivity contribution in [3.05, 3.63) is 89.1 Å². The van der Waals surface area contributed by atoms with Gasteiger partial charge in [0.2, 0.25) is 0 Å². The molecule has 0 spiro atoms. The lowest BCUT2D eigenvalue weighted by Crippen LogP contribution is -2.33. The van der Waals surface area contributed by atoms with E-state index in [0.717, 1.165) is 23.8 Å². The molecule has 3 aromatic rings. The van der Waals surface area contributed by atoms with Crippen molar-refractivity contribution in [1.29, 1.82) is 0 Å². The van der Waals surface area contributed by atoms with Crippen molar-refractivity contribution in [1.82, 2.24) is 10.4 Å². The van der Waals surface area contributed by atoms with Crippen LogP contribution in [-0.4, -0.2) is 11.0 Å². The molecule has 0 fully saturated rings. The second-order valence-electron chi connectivity index (χ2n) is 6.44. The van der Waals surface area contributed by atoms with Crippen LogP contribution < -0.4 is 15.8 Å². The summed E-state index contributed by atoms with van der Waals surface area (Å²) in [5.74, 6) is 0. The van der Waals surface area contributed by atoms with Gasteiger partial charge in [-0.2, -0.15) is 0 Å². The van der Waals surface area contributed by atoms with Crippen molar-refractivity contribution in [3.8, 4) is 0 Å². The van der Waals surface area contributed by atoms with Crippen LogP contribution in [0.1, 0.15) is 22.9 Å². The minimum Gasteiger partial charge on any atom is -0.357 e. The quantitative estimate of drug-likeness (QED) is 0.674. The molecule has 1 aliphatic rings. The Hall–Kier alpha value is -2.63. The first-order chi connectivity index (χ1) is 12.8. The van der Waals surface area contributed by atoms with E-state index in [4.69, 9.17) is 0 Å². The monoisotopic (exact) mass is 362 g/mol. The van der Waals surface area contributed by atoms with Crippen molar-refractivity contribution in [2.24, 2.45) is 0 Å². The Morgan fingerprint density at radius 2 is 1.88 bits per heavy atom. The summed E-state index contributed by atoms with van der Waals surface area (Å²) in [4.78, 5) is 5.76. The SMILES string of the molecule is CC1C=CN(c2ccc(Cc3cnc(NCc4ccccc4)s3)cc2)N1. The number of hydrazine groups is 1. The Bertz CT molecular complexity index is 871. The van der Waals surface area contributed by atoms with Crippen molar-refractivity contribution in [3.63, 3.8) is 0 Å². The highest BCUT2D eigenvalue weighted by atomic mass is 32.1. The minimum absolute atomic E-state index is 0.383. The molecular weight excluding hydrogens is 340 g/mol. The third-order valence-electron chi connectivity index (χ3n) is 4.30. The summed E-state index contributed by atoms with van der Waals surface area (Å²) in [6, 6.07) is 19.4. The lowest BCUT2D eigenvalue weighted by Gasteiger charge is -2.18. The standard InChI is InChI=1S/C21H22N4S/c1-16-11-12-25(24-16)19-9-7-17(8-10-19)13-20-15-23-21(26-20)22-14-18-5-3-2-4-6-18/h2-12,15-16,24H,13-14H2,1H3,(H,22,23). The number of benzene rings is 2. The van der Waals surface area contributed by atoms with E-state index in [-0.39, 0.29) is 0 Å². The number of hydrogen-bond acceptors (Lipinski definition) is 5. The van der Waals surface area contributed by atoms with E-state index in [2.05, 4.69) is 88.5 Å².